The van der Waals surface area contributed by atoms with E-state index >= 15 is 0 Å². The van der Waals surface area contributed by atoms with Crippen molar-refractivity contribution in [3.63, 3.8) is 0 Å². The van der Waals surface area contributed by atoms with Crippen LogP contribution in [0.5, 0.6) is 0 Å². The molecule has 0 aliphatic carbocycles. The van der Waals surface area contributed by atoms with Gasteiger partial charge in [-0.3, -0.25) is 0 Å². The molecule has 16 heavy (non-hydrogen) atoms. The Morgan fingerprint density at radius 2 is 2.25 bits per heavy atom. The van der Waals surface area contributed by atoms with Gasteiger partial charge in [0.1, 0.15) is 10.4 Å². The van der Waals surface area contributed by atoms with Gasteiger partial charge in [-0.15, -0.1) is 11.3 Å². The minimum atomic E-state index is 0.847. The van der Waals surface area contributed by atoms with E-state index in [1.807, 2.05) is 37.7 Å². The molecular weight excluding hydrogens is 286 g/mol. The Morgan fingerprint density at radius 3 is 2.88 bits per heavy atom. The van der Waals surface area contributed by atoms with Crippen LogP contribution in [-0.4, -0.2) is 17.0 Å². The summed E-state index contributed by atoms with van der Waals surface area (Å²) in [5.41, 5.74) is 2.99. The van der Waals surface area contributed by atoms with E-state index in [4.69, 9.17) is 0 Å². The van der Waals surface area contributed by atoms with Crippen LogP contribution in [-0.2, 0) is 6.54 Å². The van der Waals surface area contributed by atoms with Crippen molar-refractivity contribution < 1.29 is 0 Å². The Morgan fingerprint density at radius 1 is 1.44 bits per heavy atom. The van der Waals surface area contributed by atoms with Gasteiger partial charge in [0.15, 0.2) is 0 Å². The fourth-order valence-corrected chi connectivity index (χ4v) is 2.55. The van der Waals surface area contributed by atoms with E-state index in [1.54, 1.807) is 11.3 Å². The molecule has 0 radical (unpaired) electrons. The van der Waals surface area contributed by atoms with E-state index in [0.717, 1.165) is 22.7 Å². The first kappa shape index (κ1) is 11.5. The maximum absolute atomic E-state index is 4.41. The molecule has 0 amide bonds. The number of aromatic nitrogens is 2. The summed E-state index contributed by atoms with van der Waals surface area (Å²) < 4.78 is 0.859. The summed E-state index contributed by atoms with van der Waals surface area (Å²) in [4.78, 5) is 12.1. The van der Waals surface area contributed by atoms with Crippen LogP contribution in [0.25, 0.3) is 0 Å². The summed E-state index contributed by atoms with van der Waals surface area (Å²) >= 11 is 5.06. The van der Waals surface area contributed by atoms with Crippen molar-refractivity contribution in [1.82, 2.24) is 9.97 Å². The third-order valence-electron chi connectivity index (χ3n) is 2.32. The molecule has 0 aliphatic rings. The van der Waals surface area contributed by atoms with Crippen molar-refractivity contribution in [1.29, 1.82) is 0 Å². The third kappa shape index (κ3) is 2.59. The minimum absolute atomic E-state index is 0.847. The molecule has 0 N–H and O–H groups in total. The van der Waals surface area contributed by atoms with Gasteiger partial charge in [0, 0.05) is 11.9 Å². The van der Waals surface area contributed by atoms with Gasteiger partial charge in [-0.1, -0.05) is 6.07 Å². The van der Waals surface area contributed by atoms with Crippen molar-refractivity contribution in [3.05, 3.63) is 38.9 Å². The largest absolute Gasteiger partial charge is 0.354 e. The second-order valence-electron chi connectivity index (χ2n) is 3.54. The quantitative estimate of drug-likeness (QED) is 0.815. The smallest absolute Gasteiger partial charge is 0.129 e. The Balaban J connectivity index is 2.14. The lowest BCUT2D eigenvalue weighted by molar-refractivity contribution is 0.898. The van der Waals surface area contributed by atoms with E-state index in [-0.39, 0.29) is 0 Å². The zero-order valence-corrected chi connectivity index (χ0v) is 11.5. The monoisotopic (exact) mass is 297 g/mol. The van der Waals surface area contributed by atoms with E-state index in [0.29, 0.717) is 0 Å². The lowest BCUT2D eigenvalue weighted by Crippen LogP contribution is -2.17. The normalized spacial score (nSPS) is 10.4. The van der Waals surface area contributed by atoms with Crippen molar-refractivity contribution in [3.8, 4) is 0 Å². The van der Waals surface area contributed by atoms with Gasteiger partial charge in [-0.05, 0) is 35.0 Å². The van der Waals surface area contributed by atoms with Gasteiger partial charge in [0.05, 0.1) is 17.7 Å². The summed E-state index contributed by atoms with van der Waals surface area (Å²) in [5.74, 6) is 0.960. The molecule has 2 heterocycles. The molecule has 0 bridgehead atoms. The fraction of sp³-hybridized carbons (Fsp3) is 0.273. The molecule has 0 atom stereocenters. The predicted molar refractivity (Wildman–Crippen MR) is 70.9 cm³/mol. The average molecular weight is 298 g/mol. The summed E-state index contributed by atoms with van der Waals surface area (Å²) in [6.45, 7) is 2.88. The first-order valence-corrected chi connectivity index (χ1v) is 6.57. The maximum atomic E-state index is 4.41. The van der Waals surface area contributed by atoms with Gasteiger partial charge in [-0.25, -0.2) is 9.97 Å². The number of halogens is 1. The molecule has 2 aromatic rings. The van der Waals surface area contributed by atoms with Crippen LogP contribution >= 0.6 is 27.3 Å². The molecule has 5 heteroatoms. The van der Waals surface area contributed by atoms with E-state index in [9.17, 15) is 0 Å². The van der Waals surface area contributed by atoms with Crippen LogP contribution in [0.1, 0.15) is 10.6 Å². The average Bonchev–Trinajstić information content (AvgIpc) is 2.64. The van der Waals surface area contributed by atoms with Gasteiger partial charge >= 0.3 is 0 Å². The number of hydrogen-bond acceptors (Lipinski definition) is 4. The maximum Gasteiger partial charge on any atom is 0.129 e. The third-order valence-corrected chi connectivity index (χ3v) is 3.68. The molecule has 0 aliphatic heterocycles. The lowest BCUT2D eigenvalue weighted by Gasteiger charge is -2.17. The fourth-order valence-electron chi connectivity index (χ4n) is 1.38. The van der Waals surface area contributed by atoms with E-state index < -0.39 is 0 Å². The first-order chi connectivity index (χ1) is 7.66. The predicted octanol–water partition coefficient (Wildman–Crippen LogP) is 3.25. The molecule has 2 rings (SSSR count). The number of anilines is 1. The summed E-state index contributed by atoms with van der Waals surface area (Å²) in [6, 6.07) is 5.92. The van der Waals surface area contributed by atoms with Crippen molar-refractivity contribution >= 4 is 33.1 Å². The molecule has 0 spiro atoms. The van der Waals surface area contributed by atoms with E-state index in [2.05, 4.69) is 30.8 Å². The van der Waals surface area contributed by atoms with Crippen molar-refractivity contribution in [2.45, 2.75) is 13.5 Å². The van der Waals surface area contributed by atoms with Crippen LogP contribution in [0.15, 0.2) is 28.3 Å². The molecule has 0 unspecified atom stereocenters. The zero-order valence-electron chi connectivity index (χ0n) is 9.14. The SMILES string of the molecule is Cc1ncsc1CN(C)c1cccc(Br)n1. The Bertz CT molecular complexity index is 484. The van der Waals surface area contributed by atoms with Crippen LogP contribution in [0, 0.1) is 6.92 Å². The number of pyridine rings is 1. The van der Waals surface area contributed by atoms with Crippen LogP contribution in [0.4, 0.5) is 5.82 Å². The molecule has 2 aromatic heterocycles. The molecular formula is C11H12BrN3S. The molecule has 0 fully saturated rings. The Hall–Kier alpha value is -0.940. The van der Waals surface area contributed by atoms with Crippen LogP contribution in [0.3, 0.4) is 0 Å². The highest BCUT2D eigenvalue weighted by Crippen LogP contribution is 2.19. The van der Waals surface area contributed by atoms with Gasteiger partial charge < -0.3 is 4.90 Å². The Labute approximate surface area is 107 Å². The number of hydrogen-bond donors (Lipinski definition) is 0. The van der Waals surface area contributed by atoms with Gasteiger partial charge in [0.2, 0.25) is 0 Å². The summed E-state index contributed by atoms with van der Waals surface area (Å²) in [7, 11) is 2.04. The number of rotatable bonds is 3. The topological polar surface area (TPSA) is 29.0 Å². The highest BCUT2D eigenvalue weighted by atomic mass is 79.9. The minimum Gasteiger partial charge on any atom is -0.354 e. The second kappa shape index (κ2) is 4.93. The van der Waals surface area contributed by atoms with Crippen molar-refractivity contribution in [2.24, 2.45) is 0 Å². The van der Waals surface area contributed by atoms with Crippen molar-refractivity contribution in [2.75, 3.05) is 11.9 Å². The Kier molecular flexibility index (Phi) is 3.56. The van der Waals surface area contributed by atoms with Crippen LogP contribution in [0.2, 0.25) is 0 Å². The first-order valence-electron chi connectivity index (χ1n) is 4.89. The molecule has 0 aromatic carbocycles. The summed E-state index contributed by atoms with van der Waals surface area (Å²) in [6.07, 6.45) is 0. The summed E-state index contributed by atoms with van der Waals surface area (Å²) in [5, 5.41) is 0. The van der Waals surface area contributed by atoms with Gasteiger partial charge in [0.25, 0.3) is 0 Å². The molecule has 84 valence electrons. The number of aryl methyl sites for hydroxylation is 1. The number of nitrogens with zero attached hydrogens (tertiary/aromatic N) is 3. The lowest BCUT2D eigenvalue weighted by atomic mass is 10.3. The number of thiazole rings is 1. The molecule has 3 nitrogen and oxygen atoms in total. The standard InChI is InChI=1S/C11H12BrN3S/c1-8-9(16-7-13-8)6-15(2)11-5-3-4-10(12)14-11/h3-5,7H,6H2,1-2H3. The highest BCUT2D eigenvalue weighted by molar-refractivity contribution is 9.10. The van der Waals surface area contributed by atoms with Crippen LogP contribution < -0.4 is 4.90 Å². The highest BCUT2D eigenvalue weighted by Gasteiger charge is 2.07. The van der Waals surface area contributed by atoms with Gasteiger partial charge in [-0.2, -0.15) is 0 Å². The zero-order chi connectivity index (χ0) is 11.5. The molecule has 0 saturated carbocycles. The molecule has 0 saturated heterocycles. The van der Waals surface area contributed by atoms with E-state index in [1.165, 1.54) is 4.88 Å². The second-order valence-corrected chi connectivity index (χ2v) is 5.29.